The number of nitrogens with one attached hydrogen (secondary N) is 1. The van der Waals surface area contributed by atoms with Crippen molar-refractivity contribution < 1.29 is 57.3 Å². The van der Waals surface area contributed by atoms with E-state index in [1.807, 2.05) is 0 Å². The normalized spacial score (nSPS) is 8.46. The largest absolute Gasteiger partial charge is 0.479 e. The van der Waals surface area contributed by atoms with Gasteiger partial charge >= 0.3 is 11.9 Å². The maximum absolute atomic E-state index is 10.5. The molecule has 71 valence electrons. The fourth-order valence-electron chi connectivity index (χ4n) is 0.455. The van der Waals surface area contributed by atoms with Crippen molar-refractivity contribution in [2.75, 3.05) is 0 Å². The molecule has 3 N–H and O–H groups in total. The number of carboxylic acids is 2. The minimum Gasteiger partial charge on any atom is -0.479 e. The van der Waals surface area contributed by atoms with E-state index in [2.05, 4.69) is 0 Å². The van der Waals surface area contributed by atoms with Gasteiger partial charge in [0.25, 0.3) is 0 Å². The molecule has 0 aromatic heterocycles. The predicted octanol–water partition coefficient (Wildman–Crippen LogP) is -1.14. The van der Waals surface area contributed by atoms with E-state index < -0.39 is 23.9 Å². The van der Waals surface area contributed by atoms with Gasteiger partial charge < -0.3 is 26.7 Å². The summed E-state index contributed by atoms with van der Waals surface area (Å²) in [5, 5.41) is 18.3. The van der Waals surface area contributed by atoms with Crippen molar-refractivity contribution in [3.63, 3.8) is 0 Å². The van der Waals surface area contributed by atoms with Crippen molar-refractivity contribution in [1.29, 1.82) is 0 Å². The smallest absolute Gasteiger partial charge is 0.337 e. The Bertz CT molecular complexity index is 203. The van der Waals surface area contributed by atoms with E-state index in [-0.39, 0.29) is 32.7 Å². The summed E-state index contributed by atoms with van der Waals surface area (Å²) in [4.78, 5) is 30.9. The summed E-state index contributed by atoms with van der Waals surface area (Å²) in [6.07, 6.45) is 1.04. The monoisotopic (exact) mass is 263 g/mol. The number of carbonyl (C=O) groups is 3. The Morgan fingerprint density at radius 3 is 1.85 bits per heavy atom. The summed E-state index contributed by atoms with van der Waals surface area (Å²) < 4.78 is 0. The van der Waals surface area contributed by atoms with Gasteiger partial charge in [-0.1, -0.05) is 0 Å². The zero-order chi connectivity index (χ0) is 9.72. The van der Waals surface area contributed by atoms with Crippen LogP contribution in [0.5, 0.6) is 0 Å². The standard InChI is InChI=1S/C6H8NO5.Y/c1-2-3(8)7-4(5(9)10)6(11)12;/h2,4H,1H3,(H,7,8)(H,9,10)(H,11,12);/q-1;. The number of rotatable bonds is 4. The molecule has 0 aromatic rings. The quantitative estimate of drug-likeness (QED) is 0.439. The van der Waals surface area contributed by atoms with Crippen LogP contribution in [0, 0.1) is 6.42 Å². The summed E-state index contributed by atoms with van der Waals surface area (Å²) in [5.41, 5.74) is 0. The SMILES string of the molecule is C[CH-]C(=O)NC(C(=O)O)C(=O)O.[Y]. The fraction of sp³-hybridized carbons (Fsp3) is 0.333. The van der Waals surface area contributed by atoms with Crippen LogP contribution in [-0.4, -0.2) is 34.1 Å². The van der Waals surface area contributed by atoms with Gasteiger partial charge in [-0.25, -0.2) is 9.59 Å². The number of hydrogen-bond acceptors (Lipinski definition) is 3. The third kappa shape index (κ3) is 5.60. The third-order valence-electron chi connectivity index (χ3n) is 1.04. The van der Waals surface area contributed by atoms with Crippen molar-refractivity contribution in [2.45, 2.75) is 13.0 Å². The molecule has 1 amide bonds. The predicted molar refractivity (Wildman–Crippen MR) is 37.2 cm³/mol. The van der Waals surface area contributed by atoms with Crippen molar-refractivity contribution in [3.05, 3.63) is 6.42 Å². The maximum Gasteiger partial charge on any atom is 0.337 e. The van der Waals surface area contributed by atoms with Crippen LogP contribution in [0.1, 0.15) is 6.92 Å². The van der Waals surface area contributed by atoms with Gasteiger partial charge in [0.2, 0.25) is 6.04 Å². The molecule has 0 aliphatic carbocycles. The summed E-state index contributed by atoms with van der Waals surface area (Å²) >= 11 is 0. The van der Waals surface area contributed by atoms with Crippen molar-refractivity contribution in [2.24, 2.45) is 0 Å². The zero-order valence-electron chi connectivity index (χ0n) is 6.85. The first kappa shape index (κ1) is 14.9. The minimum atomic E-state index is -1.88. The second-order valence-corrected chi connectivity index (χ2v) is 1.91. The molecule has 0 fully saturated rings. The minimum absolute atomic E-state index is 0. The number of amides is 1. The average molecular weight is 263 g/mol. The van der Waals surface area contributed by atoms with E-state index in [0.717, 1.165) is 6.42 Å². The van der Waals surface area contributed by atoms with Crippen LogP contribution in [0.3, 0.4) is 0 Å². The van der Waals surface area contributed by atoms with E-state index in [1.165, 1.54) is 6.92 Å². The number of aliphatic carboxylic acids is 2. The van der Waals surface area contributed by atoms with Gasteiger partial charge in [0.05, 0.1) is 5.91 Å². The Labute approximate surface area is 99.6 Å². The Balaban J connectivity index is 0. The summed E-state index contributed by atoms with van der Waals surface area (Å²) in [6.45, 7) is 1.37. The van der Waals surface area contributed by atoms with Gasteiger partial charge in [-0.3, -0.25) is 0 Å². The molecule has 13 heavy (non-hydrogen) atoms. The Morgan fingerprint density at radius 2 is 1.62 bits per heavy atom. The van der Waals surface area contributed by atoms with Crippen LogP contribution in [0.15, 0.2) is 0 Å². The van der Waals surface area contributed by atoms with E-state index in [4.69, 9.17) is 10.2 Å². The molecule has 0 saturated carbocycles. The van der Waals surface area contributed by atoms with E-state index >= 15 is 0 Å². The molecule has 0 aliphatic rings. The number of carbonyl (C=O) groups excluding carboxylic acids is 1. The summed E-state index contributed by atoms with van der Waals surface area (Å²) in [5.74, 6) is -3.93. The fourth-order valence-corrected chi connectivity index (χ4v) is 0.455. The van der Waals surface area contributed by atoms with Gasteiger partial charge in [-0.15, -0.1) is 0 Å². The van der Waals surface area contributed by atoms with Crippen LogP contribution in [0.2, 0.25) is 0 Å². The van der Waals surface area contributed by atoms with E-state index in [0.29, 0.717) is 0 Å². The molecule has 0 spiro atoms. The number of carboxylic acid groups (broad SMARTS) is 2. The van der Waals surface area contributed by atoms with Crippen LogP contribution in [0.4, 0.5) is 0 Å². The molecule has 1 radical (unpaired) electrons. The molecule has 7 heteroatoms. The van der Waals surface area contributed by atoms with Gasteiger partial charge in [0.1, 0.15) is 0 Å². The van der Waals surface area contributed by atoms with E-state index in [9.17, 15) is 14.4 Å². The Hall–Kier alpha value is -0.616. The molecule has 0 aliphatic heterocycles. The third-order valence-corrected chi connectivity index (χ3v) is 1.04. The van der Waals surface area contributed by atoms with E-state index in [1.54, 1.807) is 5.32 Å². The van der Waals surface area contributed by atoms with Crippen LogP contribution < -0.4 is 5.32 Å². The first-order chi connectivity index (χ1) is 5.49. The Morgan fingerprint density at radius 1 is 1.23 bits per heavy atom. The first-order valence-electron chi connectivity index (χ1n) is 3.04. The van der Waals surface area contributed by atoms with Gasteiger partial charge in [0, 0.05) is 32.7 Å². The first-order valence-corrected chi connectivity index (χ1v) is 3.04. The van der Waals surface area contributed by atoms with Gasteiger partial charge in [0.15, 0.2) is 0 Å². The van der Waals surface area contributed by atoms with Crippen LogP contribution in [-0.2, 0) is 47.1 Å². The summed E-state index contributed by atoms with van der Waals surface area (Å²) in [7, 11) is 0. The van der Waals surface area contributed by atoms with Crippen LogP contribution in [0.25, 0.3) is 0 Å². The molecule has 0 unspecified atom stereocenters. The molecule has 0 bridgehead atoms. The molecular weight excluding hydrogens is 255 g/mol. The van der Waals surface area contributed by atoms with Crippen molar-refractivity contribution in [3.8, 4) is 0 Å². The Kier molecular flexibility index (Phi) is 7.85. The van der Waals surface area contributed by atoms with Crippen molar-refractivity contribution in [1.82, 2.24) is 5.32 Å². The molecule has 6 nitrogen and oxygen atoms in total. The molecule has 0 heterocycles. The average Bonchev–Trinajstić information content (AvgIpc) is 1.98. The second kappa shape index (κ2) is 6.85. The molecule has 0 atom stereocenters. The summed E-state index contributed by atoms with van der Waals surface area (Å²) in [6, 6.07) is -1.88. The molecule has 0 rings (SSSR count). The molecule has 0 saturated heterocycles. The van der Waals surface area contributed by atoms with Gasteiger partial charge in [-0.2, -0.15) is 6.92 Å². The molecule has 0 aromatic carbocycles. The van der Waals surface area contributed by atoms with Gasteiger partial charge in [-0.05, 0) is 0 Å². The topological polar surface area (TPSA) is 104 Å². The van der Waals surface area contributed by atoms with Crippen LogP contribution >= 0.6 is 0 Å². The molecular formula is C6H8NO5Y-. The number of hydrogen-bond donors (Lipinski definition) is 3. The maximum atomic E-state index is 10.5. The zero-order valence-corrected chi connectivity index (χ0v) is 9.69. The second-order valence-electron chi connectivity index (χ2n) is 1.91. The van der Waals surface area contributed by atoms with Crippen molar-refractivity contribution >= 4 is 17.8 Å².